The van der Waals surface area contributed by atoms with Crippen molar-refractivity contribution in [1.29, 1.82) is 0 Å². The molecule has 0 spiro atoms. The molecule has 0 atom stereocenters. The number of nitrogens with one attached hydrogen (secondary N) is 1. The molecule has 2 aromatic heterocycles. The predicted molar refractivity (Wildman–Crippen MR) is 83.3 cm³/mol. The molecule has 5 nitrogen and oxygen atoms in total. The Hall–Kier alpha value is -2.30. The first-order chi connectivity index (χ1) is 9.61. The number of nitrogens with two attached hydrogens (primary N) is 1. The summed E-state index contributed by atoms with van der Waals surface area (Å²) in [6.45, 7) is 6.31. The molecule has 1 aromatic carbocycles. The van der Waals surface area contributed by atoms with Gasteiger partial charge in [0.25, 0.3) is 0 Å². The van der Waals surface area contributed by atoms with Gasteiger partial charge in [0.2, 0.25) is 0 Å². The summed E-state index contributed by atoms with van der Waals surface area (Å²) in [5.74, 6) is 1.45. The minimum atomic E-state index is 0.311. The number of aromatic nitrogens is 3. The number of fused-ring (bicyclic) bond motifs is 3. The summed E-state index contributed by atoms with van der Waals surface area (Å²) < 4.78 is 2.06. The number of pyridine rings is 1. The van der Waals surface area contributed by atoms with Gasteiger partial charge in [0.15, 0.2) is 5.82 Å². The minimum absolute atomic E-state index is 0.311. The van der Waals surface area contributed by atoms with Crippen LogP contribution in [-0.2, 0) is 6.42 Å². The van der Waals surface area contributed by atoms with Crippen LogP contribution in [0.5, 0.6) is 0 Å². The van der Waals surface area contributed by atoms with Crippen LogP contribution in [0.2, 0.25) is 0 Å². The molecule has 0 aliphatic heterocycles. The van der Waals surface area contributed by atoms with E-state index >= 15 is 0 Å². The molecule has 0 fully saturated rings. The van der Waals surface area contributed by atoms with E-state index in [-0.39, 0.29) is 0 Å². The molecule has 104 valence electrons. The van der Waals surface area contributed by atoms with Crippen molar-refractivity contribution >= 4 is 27.8 Å². The lowest BCUT2D eigenvalue weighted by Gasteiger charge is -2.15. The maximum atomic E-state index is 6.08. The van der Waals surface area contributed by atoms with Gasteiger partial charge < -0.3 is 11.2 Å². The Morgan fingerprint density at radius 1 is 1.25 bits per heavy atom. The van der Waals surface area contributed by atoms with Crippen molar-refractivity contribution in [2.75, 3.05) is 11.2 Å². The number of benzene rings is 1. The normalized spacial score (nSPS) is 11.6. The molecular formula is C15H19N5. The van der Waals surface area contributed by atoms with Gasteiger partial charge in [-0.1, -0.05) is 25.1 Å². The molecule has 0 saturated carbocycles. The van der Waals surface area contributed by atoms with Crippen LogP contribution < -0.4 is 11.2 Å². The van der Waals surface area contributed by atoms with Crippen LogP contribution in [0.3, 0.4) is 0 Å². The van der Waals surface area contributed by atoms with Gasteiger partial charge in [-0.05, 0) is 19.9 Å². The van der Waals surface area contributed by atoms with Crippen LogP contribution in [-0.4, -0.2) is 20.7 Å². The van der Waals surface area contributed by atoms with Gasteiger partial charge in [-0.2, -0.15) is 0 Å². The second-order valence-electron chi connectivity index (χ2n) is 5.21. The van der Waals surface area contributed by atoms with E-state index in [1.54, 1.807) is 0 Å². The molecule has 3 rings (SSSR count). The van der Waals surface area contributed by atoms with Crippen molar-refractivity contribution in [2.24, 2.45) is 0 Å². The summed E-state index contributed by atoms with van der Waals surface area (Å²) in [4.78, 5) is 9.09. The molecule has 0 unspecified atom stereocenters. The Morgan fingerprint density at radius 3 is 2.70 bits per heavy atom. The first kappa shape index (κ1) is 12.7. The highest BCUT2D eigenvalue weighted by atomic mass is 15.4. The SMILES string of the molecule is CCc1nc2c(N)nc3ccccc3c2n1NC(C)C. The topological polar surface area (TPSA) is 68.8 Å². The molecule has 0 aliphatic rings. The second kappa shape index (κ2) is 4.67. The molecule has 0 saturated heterocycles. The maximum Gasteiger partial charge on any atom is 0.152 e. The van der Waals surface area contributed by atoms with Gasteiger partial charge >= 0.3 is 0 Å². The quantitative estimate of drug-likeness (QED) is 0.767. The summed E-state index contributed by atoms with van der Waals surface area (Å²) in [5.41, 5.74) is 12.2. The summed E-state index contributed by atoms with van der Waals surface area (Å²) in [6.07, 6.45) is 0.835. The highest BCUT2D eigenvalue weighted by molar-refractivity contribution is 6.06. The predicted octanol–water partition coefficient (Wildman–Crippen LogP) is 2.68. The molecule has 2 heterocycles. The lowest BCUT2D eigenvalue weighted by atomic mass is 10.2. The third-order valence-electron chi connectivity index (χ3n) is 3.29. The number of hydrogen-bond acceptors (Lipinski definition) is 4. The molecule has 0 amide bonds. The number of hydrogen-bond donors (Lipinski definition) is 2. The number of rotatable bonds is 3. The van der Waals surface area contributed by atoms with Gasteiger partial charge in [-0.15, -0.1) is 0 Å². The number of para-hydroxylation sites is 1. The molecule has 0 bridgehead atoms. The van der Waals surface area contributed by atoms with E-state index in [2.05, 4.69) is 46.9 Å². The fourth-order valence-corrected chi connectivity index (χ4v) is 2.48. The van der Waals surface area contributed by atoms with E-state index in [0.717, 1.165) is 34.2 Å². The van der Waals surface area contributed by atoms with Crippen LogP contribution in [0.1, 0.15) is 26.6 Å². The highest BCUT2D eigenvalue weighted by Crippen LogP contribution is 2.28. The van der Waals surface area contributed by atoms with E-state index in [1.807, 2.05) is 18.2 Å². The number of nitrogens with zero attached hydrogens (tertiary/aromatic N) is 3. The average Bonchev–Trinajstić information content (AvgIpc) is 2.78. The van der Waals surface area contributed by atoms with Gasteiger partial charge in [-0.25, -0.2) is 14.6 Å². The largest absolute Gasteiger partial charge is 0.382 e. The minimum Gasteiger partial charge on any atom is -0.382 e. The van der Waals surface area contributed by atoms with Crippen LogP contribution in [0, 0.1) is 0 Å². The fraction of sp³-hybridized carbons (Fsp3) is 0.333. The number of imidazole rings is 1. The number of anilines is 1. The van der Waals surface area contributed by atoms with Crippen molar-refractivity contribution < 1.29 is 0 Å². The first-order valence-electron chi connectivity index (χ1n) is 6.94. The molecular weight excluding hydrogens is 250 g/mol. The van der Waals surface area contributed by atoms with Crippen molar-refractivity contribution in [3.8, 4) is 0 Å². The Morgan fingerprint density at radius 2 is 2.00 bits per heavy atom. The summed E-state index contributed by atoms with van der Waals surface area (Å²) in [7, 11) is 0. The zero-order valence-electron chi connectivity index (χ0n) is 12.0. The highest BCUT2D eigenvalue weighted by Gasteiger charge is 2.16. The molecule has 3 N–H and O–H groups in total. The molecule has 3 aromatic rings. The first-order valence-corrected chi connectivity index (χ1v) is 6.94. The Labute approximate surface area is 117 Å². The van der Waals surface area contributed by atoms with Gasteiger partial charge in [0.1, 0.15) is 16.9 Å². The lowest BCUT2D eigenvalue weighted by molar-refractivity contribution is 0.716. The molecule has 5 heteroatoms. The van der Waals surface area contributed by atoms with Gasteiger partial charge in [0, 0.05) is 17.8 Å². The number of nitrogen functional groups attached to an aromatic ring is 1. The van der Waals surface area contributed by atoms with Crippen molar-refractivity contribution in [3.05, 3.63) is 30.1 Å². The van der Waals surface area contributed by atoms with E-state index in [0.29, 0.717) is 11.9 Å². The van der Waals surface area contributed by atoms with Crippen LogP contribution in [0.25, 0.3) is 21.9 Å². The van der Waals surface area contributed by atoms with Crippen molar-refractivity contribution in [2.45, 2.75) is 33.2 Å². The third-order valence-corrected chi connectivity index (χ3v) is 3.29. The Bertz CT molecular complexity index is 773. The van der Waals surface area contributed by atoms with Crippen LogP contribution >= 0.6 is 0 Å². The van der Waals surface area contributed by atoms with E-state index in [9.17, 15) is 0 Å². The van der Waals surface area contributed by atoms with E-state index < -0.39 is 0 Å². The standard InChI is InChI=1S/C15H19N5/c1-4-12-18-13-14(20(12)19-9(2)3)10-7-5-6-8-11(10)17-15(13)16/h5-9,19H,4H2,1-3H3,(H2,16,17). The van der Waals surface area contributed by atoms with Gasteiger partial charge in [-0.3, -0.25) is 0 Å². The van der Waals surface area contributed by atoms with Crippen molar-refractivity contribution in [3.63, 3.8) is 0 Å². The fourth-order valence-electron chi connectivity index (χ4n) is 2.48. The number of aryl methyl sites for hydroxylation is 1. The van der Waals surface area contributed by atoms with Crippen LogP contribution in [0.15, 0.2) is 24.3 Å². The zero-order valence-corrected chi connectivity index (χ0v) is 12.0. The van der Waals surface area contributed by atoms with Crippen molar-refractivity contribution in [1.82, 2.24) is 14.6 Å². The lowest BCUT2D eigenvalue weighted by Crippen LogP contribution is -2.24. The van der Waals surface area contributed by atoms with Crippen LogP contribution in [0.4, 0.5) is 5.82 Å². The summed E-state index contributed by atoms with van der Waals surface area (Å²) >= 11 is 0. The second-order valence-corrected chi connectivity index (χ2v) is 5.21. The van der Waals surface area contributed by atoms with E-state index in [1.165, 1.54) is 0 Å². The average molecular weight is 269 g/mol. The Kier molecular flexibility index (Phi) is 2.97. The monoisotopic (exact) mass is 269 g/mol. The molecule has 0 aliphatic carbocycles. The maximum absolute atomic E-state index is 6.08. The Balaban J connectivity index is 2.44. The summed E-state index contributed by atoms with van der Waals surface area (Å²) in [5, 5.41) is 1.07. The smallest absolute Gasteiger partial charge is 0.152 e. The summed E-state index contributed by atoms with van der Waals surface area (Å²) in [6, 6.07) is 8.33. The molecule has 20 heavy (non-hydrogen) atoms. The van der Waals surface area contributed by atoms with E-state index in [4.69, 9.17) is 5.73 Å². The third kappa shape index (κ3) is 1.86. The van der Waals surface area contributed by atoms with Gasteiger partial charge in [0.05, 0.1) is 5.52 Å². The zero-order chi connectivity index (χ0) is 14.3. The molecule has 0 radical (unpaired) electrons.